The summed E-state index contributed by atoms with van der Waals surface area (Å²) in [7, 11) is 0. The maximum Gasteiger partial charge on any atom is 0.174 e. The minimum atomic E-state index is -0.967. The van der Waals surface area contributed by atoms with Crippen LogP contribution in [0.2, 0.25) is 0 Å². The van der Waals surface area contributed by atoms with E-state index in [4.69, 9.17) is 4.74 Å². The predicted molar refractivity (Wildman–Crippen MR) is 87.2 cm³/mol. The van der Waals surface area contributed by atoms with Gasteiger partial charge in [0.25, 0.3) is 0 Å². The number of aliphatic hydroxyl groups excluding tert-OH is 1. The first-order valence-electron chi connectivity index (χ1n) is 8.94. The van der Waals surface area contributed by atoms with Gasteiger partial charge in [-0.1, -0.05) is 11.6 Å². The van der Waals surface area contributed by atoms with Gasteiger partial charge in [-0.3, -0.25) is 9.69 Å². The molecule has 2 aliphatic heterocycles. The topological polar surface area (TPSA) is 70.0 Å². The fourth-order valence-electron chi connectivity index (χ4n) is 6.09. The molecule has 0 radical (unpaired) electrons. The second-order valence-corrected chi connectivity index (χ2v) is 7.87. The summed E-state index contributed by atoms with van der Waals surface area (Å²) in [6.45, 7) is 5.42. The normalized spacial score (nSPS) is 43.6. The van der Waals surface area contributed by atoms with E-state index in [9.17, 15) is 15.0 Å². The van der Waals surface area contributed by atoms with Crippen molar-refractivity contribution in [3.63, 3.8) is 0 Å². The number of allylic oxidation sites excluding steroid dienone is 2. The van der Waals surface area contributed by atoms with E-state index in [1.54, 1.807) is 0 Å². The second kappa shape index (κ2) is 4.52. The first-order chi connectivity index (χ1) is 11.5. The molecule has 1 saturated carbocycles. The Morgan fingerprint density at radius 1 is 1.33 bits per heavy atom. The lowest BCUT2D eigenvalue weighted by Crippen LogP contribution is -2.73. The maximum absolute atomic E-state index is 12.7. The van der Waals surface area contributed by atoms with Crippen LogP contribution in [0, 0.1) is 5.41 Å². The van der Waals surface area contributed by atoms with E-state index in [1.165, 1.54) is 5.57 Å². The van der Waals surface area contributed by atoms with Crippen molar-refractivity contribution in [2.75, 3.05) is 13.1 Å². The lowest BCUT2D eigenvalue weighted by Gasteiger charge is -2.62. The van der Waals surface area contributed by atoms with E-state index >= 15 is 0 Å². The predicted octanol–water partition coefficient (Wildman–Crippen LogP) is 1.99. The van der Waals surface area contributed by atoms with Crippen LogP contribution >= 0.6 is 0 Å². The van der Waals surface area contributed by atoms with Crippen molar-refractivity contribution in [3.8, 4) is 0 Å². The summed E-state index contributed by atoms with van der Waals surface area (Å²) in [5.41, 5.74) is 0.609. The van der Waals surface area contributed by atoms with Crippen molar-refractivity contribution in [2.45, 2.75) is 56.3 Å². The van der Waals surface area contributed by atoms with Gasteiger partial charge in [-0.05, 0) is 25.7 Å². The minimum absolute atomic E-state index is 0.00166. The molecule has 0 aromatic rings. The Morgan fingerprint density at radius 3 is 2.96 bits per heavy atom. The van der Waals surface area contributed by atoms with E-state index in [0.29, 0.717) is 31.4 Å². The molecule has 3 aliphatic carbocycles. The van der Waals surface area contributed by atoms with Gasteiger partial charge in [0.05, 0.1) is 11.0 Å². The van der Waals surface area contributed by atoms with Gasteiger partial charge in [0, 0.05) is 37.5 Å². The molecule has 5 rings (SSSR count). The van der Waals surface area contributed by atoms with Crippen LogP contribution in [-0.2, 0) is 9.53 Å². The molecule has 2 bridgehead atoms. The Labute approximate surface area is 141 Å². The molecule has 3 fully saturated rings. The Morgan fingerprint density at radius 2 is 2.17 bits per heavy atom. The smallest absolute Gasteiger partial charge is 0.174 e. The lowest BCUT2D eigenvalue weighted by molar-refractivity contribution is -0.204. The van der Waals surface area contributed by atoms with Crippen LogP contribution in [0.25, 0.3) is 0 Å². The molecule has 0 aromatic heterocycles. The SMILES string of the molecule is C=CCN1CC[C@]23C4=C5CCC(O)=C4OC2C(=O)CC[C@@]3(O)[C@H]1C5. The number of nitrogens with zero attached hydrogens (tertiary/aromatic N) is 1. The van der Waals surface area contributed by atoms with Gasteiger partial charge in [-0.25, -0.2) is 0 Å². The van der Waals surface area contributed by atoms with E-state index in [2.05, 4.69) is 11.5 Å². The van der Waals surface area contributed by atoms with Crippen molar-refractivity contribution >= 4 is 5.78 Å². The zero-order valence-corrected chi connectivity index (χ0v) is 13.8. The average molecular weight is 329 g/mol. The first kappa shape index (κ1) is 14.7. The molecule has 2 saturated heterocycles. The Bertz CT molecular complexity index is 723. The van der Waals surface area contributed by atoms with Gasteiger partial charge in [-0.15, -0.1) is 6.58 Å². The highest BCUT2D eigenvalue weighted by Gasteiger charge is 2.74. The zero-order chi connectivity index (χ0) is 16.7. The molecular weight excluding hydrogens is 306 g/mol. The number of carbonyl (C=O) groups is 1. The monoisotopic (exact) mass is 329 g/mol. The van der Waals surface area contributed by atoms with Gasteiger partial charge in [-0.2, -0.15) is 0 Å². The van der Waals surface area contributed by atoms with Crippen LogP contribution in [0.3, 0.4) is 0 Å². The van der Waals surface area contributed by atoms with Crippen molar-refractivity contribution in [2.24, 2.45) is 5.41 Å². The Balaban J connectivity index is 1.77. The summed E-state index contributed by atoms with van der Waals surface area (Å²) in [6.07, 6.45) is 4.93. The molecule has 5 heteroatoms. The fourth-order valence-corrected chi connectivity index (χ4v) is 6.09. The third kappa shape index (κ3) is 1.43. The van der Waals surface area contributed by atoms with Crippen LogP contribution in [0.5, 0.6) is 0 Å². The maximum atomic E-state index is 12.7. The third-order valence-corrected chi connectivity index (χ3v) is 7.04. The van der Waals surface area contributed by atoms with Crippen molar-refractivity contribution in [1.82, 2.24) is 4.90 Å². The molecule has 2 N–H and O–H groups in total. The number of ether oxygens (including phenoxy) is 1. The fraction of sp³-hybridized carbons (Fsp3) is 0.632. The number of hydrogen-bond donors (Lipinski definition) is 2. The molecule has 5 aliphatic rings. The number of carbonyl (C=O) groups excluding carboxylic acids is 1. The molecule has 4 atom stereocenters. The van der Waals surface area contributed by atoms with Crippen LogP contribution < -0.4 is 0 Å². The van der Waals surface area contributed by atoms with Gasteiger partial charge in [0.15, 0.2) is 17.6 Å². The van der Waals surface area contributed by atoms with Gasteiger partial charge in [0.2, 0.25) is 0 Å². The molecule has 24 heavy (non-hydrogen) atoms. The number of likely N-dealkylation sites (tertiary alicyclic amines) is 1. The largest absolute Gasteiger partial charge is 0.508 e. The molecule has 1 unspecified atom stereocenters. The highest BCUT2D eigenvalue weighted by atomic mass is 16.5. The van der Waals surface area contributed by atoms with Crippen LogP contribution in [0.15, 0.2) is 35.3 Å². The van der Waals surface area contributed by atoms with Gasteiger partial charge >= 0.3 is 0 Å². The quantitative estimate of drug-likeness (QED) is 0.758. The molecule has 1 spiro atoms. The number of aliphatic hydroxyl groups is 2. The Hall–Kier alpha value is -1.59. The standard InChI is InChI=1S/C19H23NO4/c1-2-8-20-9-7-18-15-11-3-4-12(21)16(15)24-17(18)13(22)5-6-19(18,23)14(20)10-11/h2,14,17,21,23H,1,3-10H2/t14-,17?,18+,19-/m1/s1. The third-order valence-electron chi connectivity index (χ3n) is 7.04. The van der Waals surface area contributed by atoms with E-state index < -0.39 is 17.1 Å². The molecule has 2 heterocycles. The van der Waals surface area contributed by atoms with Crippen molar-refractivity contribution in [3.05, 3.63) is 35.3 Å². The van der Waals surface area contributed by atoms with Crippen LogP contribution in [-0.4, -0.2) is 51.7 Å². The summed E-state index contributed by atoms with van der Waals surface area (Å²) in [5, 5.41) is 22.2. The minimum Gasteiger partial charge on any atom is -0.508 e. The first-order valence-corrected chi connectivity index (χ1v) is 8.94. The molecular formula is C19H23NO4. The van der Waals surface area contributed by atoms with Crippen molar-refractivity contribution < 1.29 is 19.7 Å². The average Bonchev–Trinajstić information content (AvgIpc) is 2.91. The van der Waals surface area contributed by atoms with Crippen LogP contribution in [0.4, 0.5) is 0 Å². The number of ketones is 1. The highest BCUT2D eigenvalue weighted by Crippen LogP contribution is 2.67. The molecule has 0 amide bonds. The number of hydrogen-bond acceptors (Lipinski definition) is 5. The zero-order valence-electron chi connectivity index (χ0n) is 13.8. The summed E-state index contributed by atoms with van der Waals surface area (Å²) in [4.78, 5) is 15.0. The second-order valence-electron chi connectivity index (χ2n) is 7.87. The van der Waals surface area contributed by atoms with Crippen LogP contribution in [0.1, 0.15) is 38.5 Å². The number of Topliss-reactive ketones (excluding diaryl/α,β-unsaturated/α-hetero) is 1. The van der Waals surface area contributed by atoms with E-state index in [-0.39, 0.29) is 17.6 Å². The summed E-state index contributed by atoms with van der Waals surface area (Å²) in [5.74, 6) is 0.823. The van der Waals surface area contributed by atoms with Crippen molar-refractivity contribution in [1.29, 1.82) is 0 Å². The number of rotatable bonds is 2. The summed E-state index contributed by atoms with van der Waals surface area (Å²) < 4.78 is 6.04. The Kier molecular flexibility index (Phi) is 2.78. The summed E-state index contributed by atoms with van der Waals surface area (Å²) >= 11 is 0. The van der Waals surface area contributed by atoms with E-state index in [1.807, 2.05) is 6.08 Å². The van der Waals surface area contributed by atoms with Gasteiger partial charge < -0.3 is 14.9 Å². The van der Waals surface area contributed by atoms with E-state index in [0.717, 1.165) is 31.5 Å². The summed E-state index contributed by atoms with van der Waals surface area (Å²) in [6, 6.07) is 0.00166. The molecule has 5 nitrogen and oxygen atoms in total. The van der Waals surface area contributed by atoms with Gasteiger partial charge in [0.1, 0.15) is 5.76 Å². The lowest BCUT2D eigenvalue weighted by atomic mass is 9.48. The number of piperidine rings is 1. The molecule has 128 valence electrons. The molecule has 0 aromatic carbocycles. The highest BCUT2D eigenvalue weighted by molar-refractivity contribution is 5.88.